The van der Waals surface area contributed by atoms with Crippen LogP contribution < -0.4 is 10.1 Å². The third kappa shape index (κ3) is 3.64. The molecule has 0 saturated heterocycles. The molecule has 0 aliphatic carbocycles. The highest BCUT2D eigenvalue weighted by atomic mass is 35.5. The van der Waals surface area contributed by atoms with Gasteiger partial charge < -0.3 is 10.1 Å². The van der Waals surface area contributed by atoms with Crippen molar-refractivity contribution in [3.63, 3.8) is 0 Å². The Morgan fingerprint density at radius 1 is 1.00 bits per heavy atom. The molecule has 4 aromatic rings. The maximum atomic E-state index is 14.9. The minimum Gasteiger partial charge on any atom is -0.496 e. The molecule has 3 nitrogen and oxygen atoms in total. The summed E-state index contributed by atoms with van der Waals surface area (Å²) in [4.78, 5) is 4.36. The topological polar surface area (TPSA) is 34.1 Å². The van der Waals surface area contributed by atoms with Crippen molar-refractivity contribution in [1.82, 2.24) is 4.98 Å². The standard InChI is InChI=1S/C24H20ClFN2O/c1-15(28-23-18-10-6-7-11-21(18)27-14-19(23)25)22-20(26)13-12-17(24(22)29-2)16-8-4-3-5-9-16/h3-15H,1-2H3,(H,27,28)/t15-/m1/s1. The lowest BCUT2D eigenvalue weighted by molar-refractivity contribution is 0.404. The van der Waals surface area contributed by atoms with Gasteiger partial charge in [-0.3, -0.25) is 4.98 Å². The Bertz CT molecular complexity index is 1160. The van der Waals surface area contributed by atoms with E-state index in [0.717, 1.165) is 27.7 Å². The summed E-state index contributed by atoms with van der Waals surface area (Å²) in [6.45, 7) is 1.89. The number of benzene rings is 3. The summed E-state index contributed by atoms with van der Waals surface area (Å²) in [5.74, 6) is 0.168. The first-order chi connectivity index (χ1) is 14.1. The van der Waals surface area contributed by atoms with Crippen LogP contribution in [0.2, 0.25) is 5.02 Å². The molecule has 0 radical (unpaired) electrons. The van der Waals surface area contributed by atoms with Gasteiger partial charge in [-0.05, 0) is 30.7 Å². The van der Waals surface area contributed by atoms with Gasteiger partial charge in [0.05, 0.1) is 34.9 Å². The quantitative estimate of drug-likeness (QED) is 0.392. The number of nitrogens with zero attached hydrogens (tertiary/aromatic N) is 1. The number of anilines is 1. The van der Waals surface area contributed by atoms with Gasteiger partial charge in [-0.15, -0.1) is 0 Å². The number of para-hydroxylation sites is 1. The molecule has 0 unspecified atom stereocenters. The van der Waals surface area contributed by atoms with Crippen molar-refractivity contribution >= 4 is 28.2 Å². The average Bonchev–Trinajstić information content (AvgIpc) is 2.76. The van der Waals surface area contributed by atoms with Crippen LogP contribution in [-0.2, 0) is 0 Å². The van der Waals surface area contributed by atoms with Crippen LogP contribution in [0.25, 0.3) is 22.0 Å². The molecule has 0 fully saturated rings. The molecule has 0 aliphatic heterocycles. The first-order valence-electron chi connectivity index (χ1n) is 9.31. The van der Waals surface area contributed by atoms with Gasteiger partial charge in [-0.2, -0.15) is 0 Å². The van der Waals surface area contributed by atoms with Crippen LogP contribution in [-0.4, -0.2) is 12.1 Å². The van der Waals surface area contributed by atoms with Crippen molar-refractivity contribution in [2.45, 2.75) is 13.0 Å². The zero-order valence-corrected chi connectivity index (χ0v) is 16.9. The van der Waals surface area contributed by atoms with Gasteiger partial charge in [0.1, 0.15) is 11.6 Å². The molecule has 0 aliphatic rings. The third-order valence-corrected chi connectivity index (χ3v) is 5.24. The Labute approximate surface area is 174 Å². The second kappa shape index (κ2) is 8.10. The second-order valence-electron chi connectivity index (χ2n) is 6.77. The molecule has 3 aromatic carbocycles. The van der Waals surface area contributed by atoms with Crippen LogP contribution in [0, 0.1) is 5.82 Å². The lowest BCUT2D eigenvalue weighted by Gasteiger charge is -2.22. The van der Waals surface area contributed by atoms with E-state index in [1.54, 1.807) is 19.4 Å². The van der Waals surface area contributed by atoms with Crippen LogP contribution in [0.1, 0.15) is 18.5 Å². The molecule has 0 saturated carbocycles. The maximum absolute atomic E-state index is 14.9. The Morgan fingerprint density at radius 3 is 2.48 bits per heavy atom. The molecule has 146 valence electrons. The van der Waals surface area contributed by atoms with Crippen LogP contribution in [0.3, 0.4) is 0 Å². The summed E-state index contributed by atoms with van der Waals surface area (Å²) in [6, 6.07) is 20.3. The van der Waals surface area contributed by atoms with Crippen molar-refractivity contribution < 1.29 is 9.13 Å². The van der Waals surface area contributed by atoms with Gasteiger partial charge in [0.25, 0.3) is 0 Å². The first kappa shape index (κ1) is 19.2. The van der Waals surface area contributed by atoms with E-state index in [4.69, 9.17) is 16.3 Å². The van der Waals surface area contributed by atoms with E-state index in [2.05, 4.69) is 10.3 Å². The molecule has 5 heteroatoms. The van der Waals surface area contributed by atoms with Crippen LogP contribution in [0.15, 0.2) is 72.9 Å². The molecular formula is C24H20ClFN2O. The van der Waals surface area contributed by atoms with Crippen LogP contribution in [0.5, 0.6) is 5.75 Å². The molecule has 1 atom stereocenters. The summed E-state index contributed by atoms with van der Waals surface area (Å²) in [5, 5.41) is 4.73. The smallest absolute Gasteiger partial charge is 0.134 e. The molecule has 29 heavy (non-hydrogen) atoms. The van der Waals surface area contributed by atoms with Crippen molar-refractivity contribution in [1.29, 1.82) is 0 Å². The highest BCUT2D eigenvalue weighted by molar-refractivity contribution is 6.34. The Morgan fingerprint density at radius 2 is 1.72 bits per heavy atom. The fraction of sp³-hybridized carbons (Fsp3) is 0.125. The number of rotatable bonds is 5. The van der Waals surface area contributed by atoms with E-state index in [-0.39, 0.29) is 5.82 Å². The van der Waals surface area contributed by atoms with E-state index >= 15 is 0 Å². The van der Waals surface area contributed by atoms with E-state index in [9.17, 15) is 4.39 Å². The first-order valence-corrected chi connectivity index (χ1v) is 9.69. The van der Waals surface area contributed by atoms with Crippen molar-refractivity contribution in [2.24, 2.45) is 0 Å². The molecule has 0 bridgehead atoms. The molecular weight excluding hydrogens is 387 g/mol. The predicted molar refractivity (Wildman–Crippen MR) is 117 cm³/mol. The number of ether oxygens (including phenoxy) is 1. The van der Waals surface area contributed by atoms with Crippen molar-refractivity contribution in [3.8, 4) is 16.9 Å². The fourth-order valence-electron chi connectivity index (χ4n) is 3.60. The summed E-state index contributed by atoms with van der Waals surface area (Å²) < 4.78 is 20.6. The molecule has 4 rings (SSSR count). The van der Waals surface area contributed by atoms with E-state index in [1.165, 1.54) is 6.07 Å². The van der Waals surface area contributed by atoms with Gasteiger partial charge in [0.2, 0.25) is 0 Å². The zero-order valence-electron chi connectivity index (χ0n) is 16.1. The van der Waals surface area contributed by atoms with Crippen molar-refractivity contribution in [2.75, 3.05) is 12.4 Å². The Kier molecular flexibility index (Phi) is 5.36. The monoisotopic (exact) mass is 406 g/mol. The number of pyridine rings is 1. The zero-order chi connectivity index (χ0) is 20.4. The fourth-order valence-corrected chi connectivity index (χ4v) is 3.80. The Balaban J connectivity index is 1.81. The number of methoxy groups -OCH3 is 1. The lowest BCUT2D eigenvalue weighted by Crippen LogP contribution is -2.12. The van der Waals surface area contributed by atoms with Crippen LogP contribution in [0.4, 0.5) is 10.1 Å². The average molecular weight is 407 g/mol. The summed E-state index contributed by atoms with van der Waals surface area (Å²) in [6.07, 6.45) is 1.60. The minimum absolute atomic E-state index is 0.337. The molecule has 0 amide bonds. The maximum Gasteiger partial charge on any atom is 0.134 e. The van der Waals surface area contributed by atoms with Gasteiger partial charge in [0, 0.05) is 17.1 Å². The molecule has 0 spiro atoms. The molecule has 1 aromatic heterocycles. The molecule has 1 N–H and O–H groups in total. The number of fused-ring (bicyclic) bond motifs is 1. The minimum atomic E-state index is -0.392. The normalized spacial score (nSPS) is 12.0. The Hall–Kier alpha value is -3.11. The predicted octanol–water partition coefficient (Wildman–Crippen LogP) is 6.88. The molecule has 1 heterocycles. The summed E-state index contributed by atoms with van der Waals surface area (Å²) in [7, 11) is 1.56. The largest absolute Gasteiger partial charge is 0.496 e. The van der Waals surface area contributed by atoms with Gasteiger partial charge in [-0.1, -0.05) is 60.1 Å². The number of aromatic nitrogens is 1. The highest BCUT2D eigenvalue weighted by Gasteiger charge is 2.22. The van der Waals surface area contributed by atoms with E-state index < -0.39 is 6.04 Å². The summed E-state index contributed by atoms with van der Waals surface area (Å²) in [5.41, 5.74) is 3.79. The lowest BCUT2D eigenvalue weighted by atomic mass is 9.97. The van der Waals surface area contributed by atoms with Gasteiger partial charge in [0.15, 0.2) is 0 Å². The number of nitrogens with one attached hydrogen (secondary N) is 1. The number of hydrogen-bond donors (Lipinski definition) is 1. The summed E-state index contributed by atoms with van der Waals surface area (Å²) >= 11 is 6.43. The highest BCUT2D eigenvalue weighted by Crippen LogP contribution is 2.40. The van der Waals surface area contributed by atoms with Crippen molar-refractivity contribution in [3.05, 3.63) is 89.3 Å². The SMILES string of the molecule is COc1c(-c2ccccc2)ccc(F)c1[C@@H](C)Nc1c(Cl)cnc2ccccc12. The third-order valence-electron chi connectivity index (χ3n) is 4.95. The van der Waals surface area contributed by atoms with Gasteiger partial charge in [-0.25, -0.2) is 4.39 Å². The van der Waals surface area contributed by atoms with Gasteiger partial charge >= 0.3 is 0 Å². The van der Waals surface area contributed by atoms with E-state index in [1.807, 2.05) is 61.5 Å². The van der Waals surface area contributed by atoms with E-state index in [0.29, 0.717) is 16.3 Å². The van der Waals surface area contributed by atoms with Crippen LogP contribution >= 0.6 is 11.6 Å². The second-order valence-corrected chi connectivity index (χ2v) is 7.18. The number of halogens is 2. The number of hydrogen-bond acceptors (Lipinski definition) is 3.